The summed E-state index contributed by atoms with van der Waals surface area (Å²) in [5, 5.41) is 6.74. The number of carbonyl (C=O) groups is 1. The molecule has 1 aromatic rings. The van der Waals surface area contributed by atoms with Crippen LogP contribution in [0.2, 0.25) is 5.02 Å². The maximum absolute atomic E-state index is 12.0. The van der Waals surface area contributed by atoms with E-state index in [4.69, 9.17) is 16.3 Å². The van der Waals surface area contributed by atoms with Crippen molar-refractivity contribution in [3.05, 3.63) is 23.2 Å². The number of carbonyl (C=O) groups excluding carboxylic acids is 1. The van der Waals surface area contributed by atoms with Gasteiger partial charge in [0.25, 0.3) is 0 Å². The Balaban J connectivity index is 0.00000242. The Bertz CT molecular complexity index is 492. The summed E-state index contributed by atoms with van der Waals surface area (Å²) in [7, 11) is 3.78. The van der Waals surface area contributed by atoms with E-state index in [0.717, 1.165) is 31.6 Å². The molecule has 1 heterocycles. The van der Waals surface area contributed by atoms with Crippen LogP contribution in [0.1, 0.15) is 12.8 Å². The van der Waals surface area contributed by atoms with Gasteiger partial charge in [-0.15, -0.1) is 12.4 Å². The number of amides is 1. The molecule has 7 heteroatoms. The summed E-state index contributed by atoms with van der Waals surface area (Å²) in [6.45, 7) is 1.97. The first-order valence-corrected chi connectivity index (χ1v) is 7.53. The first-order valence-electron chi connectivity index (χ1n) is 7.16. The van der Waals surface area contributed by atoms with Gasteiger partial charge in [-0.1, -0.05) is 17.7 Å². The molecule has 0 spiro atoms. The Labute approximate surface area is 142 Å². The fourth-order valence-electron chi connectivity index (χ4n) is 2.41. The number of halogens is 2. The Hall–Kier alpha value is -1.01. The van der Waals surface area contributed by atoms with Gasteiger partial charge in [0.1, 0.15) is 6.61 Å². The lowest BCUT2D eigenvalue weighted by molar-refractivity contribution is -0.123. The first-order chi connectivity index (χ1) is 10.1. The average molecular weight is 348 g/mol. The minimum Gasteiger partial charge on any atom is -0.375 e. The molecule has 0 atom stereocenters. The lowest BCUT2D eigenvalue weighted by atomic mass is 10.1. The fourth-order valence-corrected chi connectivity index (χ4v) is 2.76. The molecular weight excluding hydrogens is 325 g/mol. The number of rotatable bonds is 5. The largest absolute Gasteiger partial charge is 0.375 e. The number of hydrogen-bond acceptors (Lipinski definition) is 4. The van der Waals surface area contributed by atoms with E-state index in [-0.39, 0.29) is 31.0 Å². The van der Waals surface area contributed by atoms with E-state index in [1.54, 1.807) is 6.07 Å². The standard InChI is InChI=1S/C15H22ClN3O2.ClH/c1-19(2)15-12(16)4-3-5-13(15)18-14(20)10-21-11-6-8-17-9-7-11;/h3-5,11,17H,6-10H2,1-2H3,(H,18,20);1H. The normalized spacial score (nSPS) is 15.0. The molecule has 1 saturated heterocycles. The summed E-state index contributed by atoms with van der Waals surface area (Å²) in [6, 6.07) is 5.46. The molecule has 0 bridgehead atoms. The second-order valence-corrected chi connectivity index (χ2v) is 5.75. The maximum atomic E-state index is 12.0. The molecule has 2 rings (SSSR count). The molecule has 1 aliphatic rings. The lowest BCUT2D eigenvalue weighted by Crippen LogP contribution is -2.34. The van der Waals surface area contributed by atoms with E-state index in [9.17, 15) is 4.79 Å². The van der Waals surface area contributed by atoms with Gasteiger partial charge in [-0.3, -0.25) is 4.79 Å². The number of benzene rings is 1. The lowest BCUT2D eigenvalue weighted by Gasteiger charge is -2.23. The number of nitrogens with zero attached hydrogens (tertiary/aromatic N) is 1. The summed E-state index contributed by atoms with van der Waals surface area (Å²) in [5.41, 5.74) is 1.50. The van der Waals surface area contributed by atoms with Crippen molar-refractivity contribution in [2.75, 3.05) is 44.0 Å². The van der Waals surface area contributed by atoms with Crippen LogP contribution in [0.4, 0.5) is 11.4 Å². The Morgan fingerprint density at radius 1 is 1.41 bits per heavy atom. The quantitative estimate of drug-likeness (QED) is 0.859. The first kappa shape index (κ1) is 19.0. The summed E-state index contributed by atoms with van der Waals surface area (Å²) in [4.78, 5) is 13.9. The molecular formula is C15H23Cl2N3O2. The van der Waals surface area contributed by atoms with Gasteiger partial charge in [-0.2, -0.15) is 0 Å². The second-order valence-electron chi connectivity index (χ2n) is 5.34. The van der Waals surface area contributed by atoms with E-state index in [1.807, 2.05) is 31.1 Å². The van der Waals surface area contributed by atoms with Crippen LogP contribution in [0.3, 0.4) is 0 Å². The van der Waals surface area contributed by atoms with Crippen molar-refractivity contribution in [3.63, 3.8) is 0 Å². The van der Waals surface area contributed by atoms with Crippen molar-refractivity contribution < 1.29 is 9.53 Å². The van der Waals surface area contributed by atoms with Crippen molar-refractivity contribution in [1.82, 2.24) is 5.32 Å². The van der Waals surface area contributed by atoms with Crippen LogP contribution >= 0.6 is 24.0 Å². The summed E-state index contributed by atoms with van der Waals surface area (Å²) < 4.78 is 5.65. The van der Waals surface area contributed by atoms with E-state index >= 15 is 0 Å². The van der Waals surface area contributed by atoms with Gasteiger partial charge in [0.15, 0.2) is 0 Å². The third-order valence-electron chi connectivity index (χ3n) is 3.44. The minimum atomic E-state index is -0.154. The topological polar surface area (TPSA) is 53.6 Å². The van der Waals surface area contributed by atoms with Crippen molar-refractivity contribution in [1.29, 1.82) is 0 Å². The molecule has 1 fully saturated rings. The highest BCUT2D eigenvalue weighted by Gasteiger charge is 2.16. The third-order valence-corrected chi connectivity index (χ3v) is 3.75. The zero-order chi connectivity index (χ0) is 15.2. The predicted octanol–water partition coefficient (Wildman–Crippen LogP) is 2.53. The van der Waals surface area contributed by atoms with Gasteiger partial charge < -0.3 is 20.3 Å². The Morgan fingerprint density at radius 2 is 2.09 bits per heavy atom. The van der Waals surface area contributed by atoms with Gasteiger partial charge in [-0.05, 0) is 38.1 Å². The molecule has 0 aliphatic carbocycles. The number of anilines is 2. The number of piperidine rings is 1. The highest BCUT2D eigenvalue weighted by molar-refractivity contribution is 6.34. The maximum Gasteiger partial charge on any atom is 0.250 e. The number of para-hydroxylation sites is 1. The molecule has 0 aromatic heterocycles. The Kier molecular flexibility index (Phi) is 7.96. The number of ether oxygens (including phenoxy) is 1. The third kappa shape index (κ3) is 5.32. The molecule has 22 heavy (non-hydrogen) atoms. The zero-order valence-electron chi connectivity index (χ0n) is 12.9. The Morgan fingerprint density at radius 3 is 2.73 bits per heavy atom. The van der Waals surface area contributed by atoms with Crippen LogP contribution in [-0.2, 0) is 9.53 Å². The number of nitrogens with one attached hydrogen (secondary N) is 2. The summed E-state index contributed by atoms with van der Waals surface area (Å²) in [6.07, 6.45) is 2.07. The summed E-state index contributed by atoms with van der Waals surface area (Å²) in [5.74, 6) is -0.154. The molecule has 1 amide bonds. The zero-order valence-corrected chi connectivity index (χ0v) is 14.5. The van der Waals surface area contributed by atoms with Crippen LogP contribution in [0.25, 0.3) is 0 Å². The van der Waals surface area contributed by atoms with Gasteiger partial charge in [0.05, 0.1) is 22.5 Å². The van der Waals surface area contributed by atoms with E-state index in [2.05, 4.69) is 10.6 Å². The SMILES string of the molecule is CN(C)c1c(Cl)cccc1NC(=O)COC1CCNCC1.Cl. The van der Waals surface area contributed by atoms with Gasteiger partial charge in [0.2, 0.25) is 5.91 Å². The van der Waals surface area contributed by atoms with E-state index < -0.39 is 0 Å². The van der Waals surface area contributed by atoms with Crippen molar-refractivity contribution in [2.24, 2.45) is 0 Å². The van der Waals surface area contributed by atoms with E-state index in [1.165, 1.54) is 0 Å². The van der Waals surface area contributed by atoms with Gasteiger partial charge in [0, 0.05) is 14.1 Å². The van der Waals surface area contributed by atoms with Crippen LogP contribution in [-0.4, -0.2) is 45.8 Å². The molecule has 0 saturated carbocycles. The van der Waals surface area contributed by atoms with Crippen LogP contribution in [0.15, 0.2) is 18.2 Å². The number of hydrogen-bond donors (Lipinski definition) is 2. The molecule has 0 unspecified atom stereocenters. The highest BCUT2D eigenvalue weighted by Crippen LogP contribution is 2.32. The van der Waals surface area contributed by atoms with Crippen molar-refractivity contribution in [3.8, 4) is 0 Å². The van der Waals surface area contributed by atoms with Crippen molar-refractivity contribution in [2.45, 2.75) is 18.9 Å². The molecule has 124 valence electrons. The van der Waals surface area contributed by atoms with E-state index in [0.29, 0.717) is 10.7 Å². The highest BCUT2D eigenvalue weighted by atomic mass is 35.5. The minimum absolute atomic E-state index is 0. The molecule has 0 radical (unpaired) electrons. The van der Waals surface area contributed by atoms with Crippen LogP contribution in [0.5, 0.6) is 0 Å². The van der Waals surface area contributed by atoms with Crippen molar-refractivity contribution >= 4 is 41.3 Å². The van der Waals surface area contributed by atoms with Crippen LogP contribution < -0.4 is 15.5 Å². The van der Waals surface area contributed by atoms with Crippen LogP contribution in [0, 0.1) is 0 Å². The smallest absolute Gasteiger partial charge is 0.250 e. The summed E-state index contributed by atoms with van der Waals surface area (Å²) >= 11 is 6.18. The molecule has 2 N–H and O–H groups in total. The molecule has 1 aliphatic heterocycles. The molecule has 5 nitrogen and oxygen atoms in total. The molecule has 1 aromatic carbocycles. The monoisotopic (exact) mass is 347 g/mol. The second kappa shape index (κ2) is 9.20. The van der Waals surface area contributed by atoms with Gasteiger partial charge >= 0.3 is 0 Å². The predicted molar refractivity (Wildman–Crippen MR) is 93.5 cm³/mol. The fraction of sp³-hybridized carbons (Fsp3) is 0.533. The van der Waals surface area contributed by atoms with Gasteiger partial charge in [-0.25, -0.2) is 0 Å². The average Bonchev–Trinajstić information content (AvgIpc) is 2.46.